The van der Waals surface area contributed by atoms with Gasteiger partial charge >= 0.3 is 0 Å². The molecule has 0 radical (unpaired) electrons. The molecular weight excluding hydrogens is 150 g/mol. The molecule has 2 heteroatoms. The number of nitrogens with one attached hydrogen (secondary N) is 1. The van der Waals surface area contributed by atoms with Crippen LogP contribution in [0, 0.1) is 6.92 Å². The van der Waals surface area contributed by atoms with Crippen molar-refractivity contribution in [1.82, 2.24) is 5.32 Å². The van der Waals surface area contributed by atoms with Gasteiger partial charge in [-0.25, -0.2) is 0 Å². The van der Waals surface area contributed by atoms with Crippen LogP contribution >= 0.6 is 0 Å². The van der Waals surface area contributed by atoms with Crippen LogP contribution in [0.1, 0.15) is 17.2 Å². The molecule has 0 saturated heterocycles. The summed E-state index contributed by atoms with van der Waals surface area (Å²) in [5.41, 5.74) is 2.38. The van der Waals surface area contributed by atoms with Crippen LogP contribution in [0.5, 0.6) is 0 Å². The summed E-state index contributed by atoms with van der Waals surface area (Å²) < 4.78 is 0. The zero-order valence-corrected chi connectivity index (χ0v) is 7.54. The third-order valence-corrected chi connectivity index (χ3v) is 2.09. The van der Waals surface area contributed by atoms with Gasteiger partial charge in [0.2, 0.25) is 0 Å². The summed E-state index contributed by atoms with van der Waals surface area (Å²) in [7, 11) is 1.85. The molecule has 0 amide bonds. The van der Waals surface area contributed by atoms with Gasteiger partial charge < -0.3 is 10.4 Å². The van der Waals surface area contributed by atoms with Gasteiger partial charge in [-0.15, -0.1) is 0 Å². The highest BCUT2D eigenvalue weighted by Crippen LogP contribution is 2.15. The molecule has 66 valence electrons. The highest BCUT2D eigenvalue weighted by molar-refractivity contribution is 5.28. The van der Waals surface area contributed by atoms with Crippen LogP contribution in [-0.2, 0) is 0 Å². The second kappa shape index (κ2) is 4.24. The lowest BCUT2D eigenvalue weighted by atomic mass is 10.0. The van der Waals surface area contributed by atoms with Gasteiger partial charge in [0.15, 0.2) is 0 Å². The van der Waals surface area contributed by atoms with Gasteiger partial charge in [-0.1, -0.05) is 24.3 Å². The van der Waals surface area contributed by atoms with Crippen molar-refractivity contribution in [2.45, 2.75) is 13.0 Å². The van der Waals surface area contributed by atoms with Crippen LogP contribution in [0.25, 0.3) is 0 Å². The van der Waals surface area contributed by atoms with Crippen molar-refractivity contribution < 1.29 is 5.11 Å². The first kappa shape index (κ1) is 9.23. The molecule has 2 nitrogen and oxygen atoms in total. The molecule has 0 aliphatic carbocycles. The maximum atomic E-state index is 9.04. The van der Waals surface area contributed by atoms with E-state index in [0.29, 0.717) is 0 Å². The first-order valence-electron chi connectivity index (χ1n) is 4.13. The average Bonchev–Trinajstić information content (AvgIpc) is 2.10. The molecule has 0 aromatic heterocycles. The largest absolute Gasteiger partial charge is 0.394 e. The first-order valence-corrected chi connectivity index (χ1v) is 4.13. The summed E-state index contributed by atoms with van der Waals surface area (Å²) in [4.78, 5) is 0. The summed E-state index contributed by atoms with van der Waals surface area (Å²) in [6.07, 6.45) is 0. The van der Waals surface area contributed by atoms with E-state index in [1.54, 1.807) is 0 Å². The van der Waals surface area contributed by atoms with Crippen LogP contribution in [0.2, 0.25) is 0 Å². The number of aliphatic hydroxyl groups excluding tert-OH is 1. The van der Waals surface area contributed by atoms with Gasteiger partial charge in [-0.2, -0.15) is 0 Å². The van der Waals surface area contributed by atoms with Crippen LogP contribution in [0.3, 0.4) is 0 Å². The van der Waals surface area contributed by atoms with Crippen molar-refractivity contribution in [2.24, 2.45) is 0 Å². The highest BCUT2D eigenvalue weighted by Gasteiger charge is 2.08. The van der Waals surface area contributed by atoms with Gasteiger partial charge in [0, 0.05) is 0 Å². The Bertz CT molecular complexity index is 243. The minimum atomic E-state index is 0.0613. The number of aliphatic hydroxyl groups is 1. The second-order valence-electron chi connectivity index (χ2n) is 2.88. The SMILES string of the molecule is CN[C@@H](CO)c1ccccc1C. The van der Waals surface area contributed by atoms with Gasteiger partial charge in [-0.3, -0.25) is 0 Å². The molecule has 0 spiro atoms. The van der Waals surface area contributed by atoms with Crippen LogP contribution < -0.4 is 5.32 Å². The van der Waals surface area contributed by atoms with Crippen molar-refractivity contribution in [1.29, 1.82) is 0 Å². The highest BCUT2D eigenvalue weighted by atomic mass is 16.3. The lowest BCUT2D eigenvalue weighted by Crippen LogP contribution is -2.20. The Morgan fingerprint density at radius 2 is 2.08 bits per heavy atom. The topological polar surface area (TPSA) is 32.3 Å². The zero-order chi connectivity index (χ0) is 8.97. The summed E-state index contributed by atoms with van der Waals surface area (Å²) in [5.74, 6) is 0. The predicted octanol–water partition coefficient (Wildman–Crippen LogP) is 1.25. The number of aryl methyl sites for hydroxylation is 1. The van der Waals surface area contributed by atoms with E-state index in [1.807, 2.05) is 25.2 Å². The number of hydrogen-bond acceptors (Lipinski definition) is 2. The van der Waals surface area contributed by atoms with E-state index in [2.05, 4.69) is 18.3 Å². The van der Waals surface area contributed by atoms with E-state index < -0.39 is 0 Å². The Kier molecular flexibility index (Phi) is 3.26. The van der Waals surface area contributed by atoms with Gasteiger partial charge in [0.25, 0.3) is 0 Å². The fourth-order valence-electron chi connectivity index (χ4n) is 1.32. The second-order valence-corrected chi connectivity index (χ2v) is 2.88. The van der Waals surface area contributed by atoms with Crippen molar-refractivity contribution in [3.8, 4) is 0 Å². The Morgan fingerprint density at radius 3 is 2.58 bits per heavy atom. The normalized spacial score (nSPS) is 12.9. The molecule has 12 heavy (non-hydrogen) atoms. The smallest absolute Gasteiger partial charge is 0.0626 e. The van der Waals surface area contributed by atoms with E-state index in [1.165, 1.54) is 11.1 Å². The predicted molar refractivity (Wildman–Crippen MR) is 50.1 cm³/mol. The minimum absolute atomic E-state index is 0.0613. The quantitative estimate of drug-likeness (QED) is 0.706. The maximum Gasteiger partial charge on any atom is 0.0626 e. The van der Waals surface area contributed by atoms with E-state index in [0.717, 1.165) is 0 Å². The molecular formula is C10H15NO. The third kappa shape index (κ3) is 1.84. The minimum Gasteiger partial charge on any atom is -0.394 e. The fourth-order valence-corrected chi connectivity index (χ4v) is 1.32. The van der Waals surface area contributed by atoms with E-state index in [9.17, 15) is 0 Å². The van der Waals surface area contributed by atoms with Crippen LogP contribution in [-0.4, -0.2) is 18.8 Å². The summed E-state index contributed by atoms with van der Waals surface area (Å²) in [6.45, 7) is 2.19. The standard InChI is InChI=1S/C10H15NO/c1-8-5-3-4-6-9(8)10(7-12)11-2/h3-6,10-12H,7H2,1-2H3/t10-/m0/s1. The third-order valence-electron chi connectivity index (χ3n) is 2.09. The maximum absolute atomic E-state index is 9.04. The lowest BCUT2D eigenvalue weighted by molar-refractivity contribution is 0.250. The molecule has 0 aliphatic rings. The molecule has 0 saturated carbocycles. The number of rotatable bonds is 3. The van der Waals surface area contributed by atoms with Crippen molar-refractivity contribution in [3.63, 3.8) is 0 Å². The number of benzene rings is 1. The van der Waals surface area contributed by atoms with E-state index in [4.69, 9.17) is 5.11 Å². The van der Waals surface area contributed by atoms with E-state index in [-0.39, 0.29) is 12.6 Å². The lowest BCUT2D eigenvalue weighted by Gasteiger charge is -2.15. The molecule has 0 bridgehead atoms. The molecule has 0 heterocycles. The molecule has 1 rings (SSSR count). The fraction of sp³-hybridized carbons (Fsp3) is 0.400. The Balaban J connectivity index is 2.92. The van der Waals surface area contributed by atoms with Crippen LogP contribution in [0.4, 0.5) is 0 Å². The van der Waals surface area contributed by atoms with Gasteiger partial charge in [-0.05, 0) is 25.1 Å². The van der Waals surface area contributed by atoms with Gasteiger partial charge in [0.1, 0.15) is 0 Å². The van der Waals surface area contributed by atoms with Crippen molar-refractivity contribution in [3.05, 3.63) is 35.4 Å². The Labute approximate surface area is 73.2 Å². The van der Waals surface area contributed by atoms with Crippen molar-refractivity contribution >= 4 is 0 Å². The molecule has 0 unspecified atom stereocenters. The molecule has 1 aromatic rings. The zero-order valence-electron chi connectivity index (χ0n) is 7.54. The molecule has 0 fully saturated rings. The summed E-state index contributed by atoms with van der Waals surface area (Å²) in [5, 5.41) is 12.1. The average molecular weight is 165 g/mol. The van der Waals surface area contributed by atoms with Crippen molar-refractivity contribution in [2.75, 3.05) is 13.7 Å². The molecule has 2 N–H and O–H groups in total. The summed E-state index contributed by atoms with van der Waals surface area (Å²) >= 11 is 0. The molecule has 0 aliphatic heterocycles. The molecule has 1 atom stereocenters. The first-order chi connectivity index (χ1) is 5.79. The van der Waals surface area contributed by atoms with E-state index >= 15 is 0 Å². The summed E-state index contributed by atoms with van der Waals surface area (Å²) in [6, 6.07) is 8.14. The van der Waals surface area contributed by atoms with Crippen LogP contribution in [0.15, 0.2) is 24.3 Å². The molecule has 1 aromatic carbocycles. The Morgan fingerprint density at radius 1 is 1.42 bits per heavy atom. The van der Waals surface area contributed by atoms with Gasteiger partial charge in [0.05, 0.1) is 12.6 Å². The monoisotopic (exact) mass is 165 g/mol. The Hall–Kier alpha value is -0.860. The number of hydrogen-bond donors (Lipinski definition) is 2. The number of likely N-dealkylation sites (N-methyl/N-ethyl adjacent to an activating group) is 1.